The molecule has 0 fully saturated rings. The third-order valence-corrected chi connectivity index (χ3v) is 3.41. The molecule has 0 spiro atoms. The molecule has 0 aliphatic heterocycles. The third-order valence-electron chi connectivity index (χ3n) is 2.35. The first-order chi connectivity index (χ1) is 9.25. The molecule has 2 rings (SSSR count). The number of oxazole rings is 1. The maximum Gasteiger partial charge on any atom is 0.416 e. The monoisotopic (exact) mass is 283 g/mol. The number of nitrogens with one attached hydrogen (secondary N) is 1. The molecule has 19 heavy (non-hydrogen) atoms. The Morgan fingerprint density at radius 2 is 2.21 bits per heavy atom. The topological polar surface area (TPSA) is 55.2 Å². The van der Waals surface area contributed by atoms with Gasteiger partial charge >= 0.3 is 5.76 Å². The summed E-state index contributed by atoms with van der Waals surface area (Å²) < 4.78 is 23.4. The Morgan fingerprint density at radius 1 is 1.37 bits per heavy atom. The molecule has 2 aromatic rings. The van der Waals surface area contributed by atoms with Gasteiger partial charge in [-0.2, -0.15) is 11.8 Å². The number of H-pyrrole nitrogens is 1. The first-order valence-electron chi connectivity index (χ1n) is 5.88. The molecular weight excluding hydrogens is 269 g/mol. The largest absolute Gasteiger partial charge is 0.490 e. The number of hydrogen-bond donors (Lipinski definition) is 1. The highest BCUT2D eigenvalue weighted by molar-refractivity contribution is 7.98. The Balaban J connectivity index is 1.60. The van der Waals surface area contributed by atoms with Gasteiger partial charge in [0, 0.05) is 6.20 Å². The summed E-state index contributed by atoms with van der Waals surface area (Å²) in [7, 11) is 0. The van der Waals surface area contributed by atoms with E-state index >= 15 is 0 Å². The zero-order valence-electron chi connectivity index (χ0n) is 10.2. The smallest absolute Gasteiger partial charge is 0.416 e. The average Bonchev–Trinajstić information content (AvgIpc) is 2.81. The second-order valence-electron chi connectivity index (χ2n) is 3.83. The summed E-state index contributed by atoms with van der Waals surface area (Å²) in [5.74, 6) is 1.62. The highest BCUT2D eigenvalue weighted by Gasteiger charge is 2.02. The van der Waals surface area contributed by atoms with Crippen molar-refractivity contribution in [3.05, 3.63) is 52.6 Å². The second-order valence-corrected chi connectivity index (χ2v) is 4.93. The van der Waals surface area contributed by atoms with Crippen molar-refractivity contribution in [3.8, 4) is 5.75 Å². The molecule has 6 heteroatoms. The van der Waals surface area contributed by atoms with E-state index in [4.69, 9.17) is 9.15 Å². The van der Waals surface area contributed by atoms with Crippen LogP contribution in [0.15, 0.2) is 39.7 Å². The summed E-state index contributed by atoms with van der Waals surface area (Å²) >= 11 is 1.63. The maximum atomic E-state index is 13.2. The number of ether oxygens (including phenoxy) is 1. The summed E-state index contributed by atoms with van der Waals surface area (Å²) in [6, 6.07) is 6.35. The highest BCUT2D eigenvalue weighted by atomic mass is 32.2. The zero-order chi connectivity index (χ0) is 13.5. The van der Waals surface area contributed by atoms with Crippen LogP contribution in [0.2, 0.25) is 0 Å². The quantitative estimate of drug-likeness (QED) is 0.794. The van der Waals surface area contributed by atoms with Crippen LogP contribution in [-0.4, -0.2) is 17.3 Å². The van der Waals surface area contributed by atoms with Crippen molar-refractivity contribution in [1.29, 1.82) is 0 Å². The van der Waals surface area contributed by atoms with Crippen LogP contribution in [0.1, 0.15) is 12.2 Å². The van der Waals surface area contributed by atoms with E-state index in [9.17, 15) is 9.18 Å². The fourth-order valence-electron chi connectivity index (χ4n) is 1.47. The van der Waals surface area contributed by atoms with Crippen LogP contribution < -0.4 is 10.5 Å². The number of rotatable bonds is 7. The molecule has 0 bridgehead atoms. The Kier molecular flexibility index (Phi) is 5.09. The van der Waals surface area contributed by atoms with Gasteiger partial charge in [-0.1, -0.05) is 12.1 Å². The molecule has 102 valence electrons. The third kappa shape index (κ3) is 4.48. The van der Waals surface area contributed by atoms with Crippen LogP contribution in [0.25, 0.3) is 0 Å². The molecule has 0 aliphatic carbocycles. The summed E-state index contributed by atoms with van der Waals surface area (Å²) in [5, 5.41) is 0. The minimum atomic E-state index is -0.432. The lowest BCUT2D eigenvalue weighted by Gasteiger charge is -2.06. The van der Waals surface area contributed by atoms with Crippen molar-refractivity contribution in [2.75, 3.05) is 12.4 Å². The van der Waals surface area contributed by atoms with Crippen LogP contribution in [0.4, 0.5) is 4.39 Å². The molecule has 0 saturated carbocycles. The van der Waals surface area contributed by atoms with Crippen molar-refractivity contribution in [3.63, 3.8) is 0 Å². The van der Waals surface area contributed by atoms with Gasteiger partial charge in [-0.05, 0) is 24.3 Å². The molecule has 0 radical (unpaired) electrons. The fraction of sp³-hybridized carbons (Fsp3) is 0.308. The molecule has 0 amide bonds. The van der Waals surface area contributed by atoms with Crippen molar-refractivity contribution in [2.45, 2.75) is 12.2 Å². The first-order valence-corrected chi connectivity index (χ1v) is 7.03. The SMILES string of the molecule is O=c1[nH]cc(CSCCCOc2ccccc2F)o1. The number of aromatic amines is 1. The van der Waals surface area contributed by atoms with Crippen LogP contribution >= 0.6 is 11.8 Å². The number of thioether (sulfide) groups is 1. The lowest BCUT2D eigenvalue weighted by atomic mass is 10.3. The molecule has 1 heterocycles. The first kappa shape index (κ1) is 13.7. The molecule has 1 aromatic carbocycles. The van der Waals surface area contributed by atoms with E-state index in [-0.39, 0.29) is 11.6 Å². The van der Waals surface area contributed by atoms with Crippen molar-refractivity contribution in [1.82, 2.24) is 4.98 Å². The number of benzene rings is 1. The number of hydrogen-bond acceptors (Lipinski definition) is 4. The summed E-state index contributed by atoms with van der Waals surface area (Å²) in [6.45, 7) is 0.463. The van der Waals surface area contributed by atoms with Gasteiger partial charge in [0.15, 0.2) is 11.6 Å². The van der Waals surface area contributed by atoms with Crippen LogP contribution in [0.3, 0.4) is 0 Å². The predicted octanol–water partition coefficient (Wildman–Crippen LogP) is 2.81. The Labute approximate surface area is 114 Å². The average molecular weight is 283 g/mol. The fourth-order valence-corrected chi connectivity index (χ4v) is 2.28. The van der Waals surface area contributed by atoms with E-state index in [0.29, 0.717) is 18.1 Å². The minimum Gasteiger partial charge on any atom is -0.490 e. The highest BCUT2D eigenvalue weighted by Crippen LogP contribution is 2.16. The van der Waals surface area contributed by atoms with Crippen LogP contribution in [0.5, 0.6) is 5.75 Å². The zero-order valence-corrected chi connectivity index (χ0v) is 11.0. The minimum absolute atomic E-state index is 0.282. The molecule has 0 saturated heterocycles. The van der Waals surface area contributed by atoms with E-state index in [2.05, 4.69) is 4.98 Å². The Bertz CT molecular complexity index is 567. The van der Waals surface area contributed by atoms with E-state index in [1.165, 1.54) is 6.07 Å². The number of aromatic nitrogens is 1. The van der Waals surface area contributed by atoms with Gasteiger partial charge in [-0.15, -0.1) is 0 Å². The van der Waals surface area contributed by atoms with Gasteiger partial charge in [0.2, 0.25) is 0 Å². The summed E-state index contributed by atoms with van der Waals surface area (Å²) in [4.78, 5) is 13.2. The molecule has 4 nitrogen and oxygen atoms in total. The number of para-hydroxylation sites is 1. The Hall–Kier alpha value is -1.69. The molecule has 1 aromatic heterocycles. The van der Waals surface area contributed by atoms with Gasteiger partial charge in [0.1, 0.15) is 5.76 Å². The standard InChI is InChI=1S/C13H14FNO3S/c14-11-4-1-2-5-12(11)17-6-3-7-19-9-10-8-15-13(16)18-10/h1-2,4-5,8H,3,6-7,9H2,(H,15,16). The second kappa shape index (κ2) is 7.04. The lowest BCUT2D eigenvalue weighted by molar-refractivity contribution is 0.302. The van der Waals surface area contributed by atoms with E-state index in [1.807, 2.05) is 0 Å². The van der Waals surface area contributed by atoms with Gasteiger partial charge in [-0.25, -0.2) is 9.18 Å². The van der Waals surface area contributed by atoms with Gasteiger partial charge in [0.25, 0.3) is 0 Å². The molecule has 0 unspecified atom stereocenters. The summed E-state index contributed by atoms with van der Waals surface area (Å²) in [5.41, 5.74) is 0. The normalized spacial score (nSPS) is 10.6. The van der Waals surface area contributed by atoms with Crippen LogP contribution in [0, 0.1) is 5.82 Å². The van der Waals surface area contributed by atoms with Crippen molar-refractivity contribution >= 4 is 11.8 Å². The van der Waals surface area contributed by atoms with Crippen LogP contribution in [-0.2, 0) is 5.75 Å². The van der Waals surface area contributed by atoms with E-state index < -0.39 is 5.76 Å². The van der Waals surface area contributed by atoms with Gasteiger partial charge in [-0.3, -0.25) is 4.98 Å². The molecule has 1 N–H and O–H groups in total. The summed E-state index contributed by atoms with van der Waals surface area (Å²) in [6.07, 6.45) is 2.36. The van der Waals surface area contributed by atoms with Gasteiger partial charge < -0.3 is 9.15 Å². The van der Waals surface area contributed by atoms with Crippen molar-refractivity contribution in [2.24, 2.45) is 0 Å². The van der Waals surface area contributed by atoms with E-state index in [0.717, 1.165) is 12.2 Å². The van der Waals surface area contributed by atoms with Gasteiger partial charge in [0.05, 0.1) is 12.4 Å². The predicted molar refractivity (Wildman–Crippen MR) is 72.0 cm³/mol. The molecule has 0 aliphatic rings. The van der Waals surface area contributed by atoms with Crippen molar-refractivity contribution < 1.29 is 13.5 Å². The van der Waals surface area contributed by atoms with E-state index in [1.54, 1.807) is 36.2 Å². The Morgan fingerprint density at radius 3 is 2.95 bits per heavy atom. The maximum absolute atomic E-state index is 13.2. The molecular formula is C13H14FNO3S. The number of halogens is 1. The molecule has 0 atom stereocenters. The lowest BCUT2D eigenvalue weighted by Crippen LogP contribution is -2.00.